The first-order chi connectivity index (χ1) is 13.5. The molecule has 0 radical (unpaired) electrons. The van der Waals surface area contributed by atoms with Gasteiger partial charge < -0.3 is 19.1 Å². The van der Waals surface area contributed by atoms with E-state index in [2.05, 4.69) is 0 Å². The largest absolute Gasteiger partial charge is 0.493 e. The van der Waals surface area contributed by atoms with Gasteiger partial charge in [-0.15, -0.1) is 0 Å². The molecule has 6 heteroatoms. The fraction of sp³-hybridized carbons (Fsp3) is 0.364. The lowest BCUT2D eigenvalue weighted by molar-refractivity contribution is -0.147. The monoisotopic (exact) mass is 385 g/mol. The number of rotatable bonds is 9. The fourth-order valence-electron chi connectivity index (χ4n) is 2.92. The van der Waals surface area contributed by atoms with E-state index in [9.17, 15) is 9.59 Å². The second-order valence-electron chi connectivity index (χ2n) is 6.50. The van der Waals surface area contributed by atoms with Crippen molar-refractivity contribution in [3.63, 3.8) is 0 Å². The molecular formula is C22H27NO5. The maximum Gasteiger partial charge on any atom is 0.310 e. The van der Waals surface area contributed by atoms with E-state index >= 15 is 0 Å². The van der Waals surface area contributed by atoms with Crippen LogP contribution in [0, 0.1) is 5.92 Å². The second-order valence-corrected chi connectivity index (χ2v) is 6.50. The van der Waals surface area contributed by atoms with Crippen molar-refractivity contribution in [1.82, 2.24) is 4.90 Å². The zero-order chi connectivity index (χ0) is 20.5. The van der Waals surface area contributed by atoms with E-state index in [1.54, 1.807) is 31.1 Å². The quantitative estimate of drug-likeness (QED) is 0.619. The molecule has 0 aromatic heterocycles. The SMILES string of the molecule is COC(=O)C(C)CN(C(=O)COc1ccccc1OC)C(C)c1ccccc1. The number of methoxy groups -OCH3 is 2. The molecule has 0 aliphatic heterocycles. The summed E-state index contributed by atoms with van der Waals surface area (Å²) in [6, 6.07) is 16.6. The first-order valence-electron chi connectivity index (χ1n) is 9.16. The van der Waals surface area contributed by atoms with E-state index < -0.39 is 5.92 Å². The Morgan fingerprint density at radius 3 is 2.14 bits per heavy atom. The summed E-state index contributed by atoms with van der Waals surface area (Å²) in [5, 5.41) is 0. The average molecular weight is 385 g/mol. The third-order valence-electron chi connectivity index (χ3n) is 4.56. The molecule has 0 fully saturated rings. The zero-order valence-electron chi connectivity index (χ0n) is 16.8. The molecule has 0 spiro atoms. The first-order valence-corrected chi connectivity index (χ1v) is 9.16. The Labute approximate surface area is 166 Å². The summed E-state index contributed by atoms with van der Waals surface area (Å²) >= 11 is 0. The third kappa shape index (κ3) is 5.49. The Morgan fingerprint density at radius 2 is 1.54 bits per heavy atom. The van der Waals surface area contributed by atoms with Gasteiger partial charge in [0.1, 0.15) is 0 Å². The smallest absolute Gasteiger partial charge is 0.310 e. The Morgan fingerprint density at radius 1 is 0.929 bits per heavy atom. The molecule has 28 heavy (non-hydrogen) atoms. The molecule has 0 aliphatic rings. The molecule has 2 unspecified atom stereocenters. The van der Waals surface area contributed by atoms with Gasteiger partial charge in [0.25, 0.3) is 5.91 Å². The standard InChI is InChI=1S/C22H27NO5/c1-16(22(25)27-4)14-23(17(2)18-10-6-5-7-11-18)21(24)15-28-20-13-9-8-12-19(20)26-3/h5-13,16-17H,14-15H2,1-4H3. The van der Waals surface area contributed by atoms with Crippen LogP contribution in [-0.4, -0.2) is 44.1 Å². The number of para-hydroxylation sites is 2. The second kappa shape index (κ2) is 10.3. The zero-order valence-corrected chi connectivity index (χ0v) is 16.8. The number of amides is 1. The first kappa shape index (κ1) is 21.3. The lowest BCUT2D eigenvalue weighted by atomic mass is 10.0. The Hall–Kier alpha value is -3.02. The average Bonchev–Trinajstić information content (AvgIpc) is 2.75. The molecule has 0 heterocycles. The molecule has 0 saturated carbocycles. The maximum absolute atomic E-state index is 13.0. The van der Waals surface area contributed by atoms with Crippen LogP contribution < -0.4 is 9.47 Å². The topological polar surface area (TPSA) is 65.1 Å². The van der Waals surface area contributed by atoms with Gasteiger partial charge in [-0.05, 0) is 24.6 Å². The molecule has 6 nitrogen and oxygen atoms in total. The van der Waals surface area contributed by atoms with E-state index in [-0.39, 0.29) is 31.1 Å². The molecule has 0 N–H and O–H groups in total. The molecule has 2 aromatic rings. The molecule has 2 aromatic carbocycles. The van der Waals surface area contributed by atoms with Crippen LogP contribution in [0.4, 0.5) is 0 Å². The number of nitrogens with zero attached hydrogens (tertiary/aromatic N) is 1. The lowest BCUT2D eigenvalue weighted by Crippen LogP contribution is -2.41. The summed E-state index contributed by atoms with van der Waals surface area (Å²) in [6.45, 7) is 3.74. The number of carbonyl (C=O) groups is 2. The van der Waals surface area contributed by atoms with E-state index in [1.807, 2.05) is 49.4 Å². The van der Waals surface area contributed by atoms with E-state index in [4.69, 9.17) is 14.2 Å². The van der Waals surface area contributed by atoms with Crippen LogP contribution in [0.25, 0.3) is 0 Å². The van der Waals surface area contributed by atoms with Crippen molar-refractivity contribution in [2.24, 2.45) is 5.92 Å². The highest BCUT2D eigenvalue weighted by Crippen LogP contribution is 2.27. The number of hydrogen-bond acceptors (Lipinski definition) is 5. The van der Waals surface area contributed by atoms with Crippen LogP contribution in [-0.2, 0) is 14.3 Å². The predicted molar refractivity (Wildman–Crippen MR) is 106 cm³/mol. The molecule has 150 valence electrons. The number of esters is 1. The summed E-state index contributed by atoms with van der Waals surface area (Å²) < 4.78 is 15.8. The van der Waals surface area contributed by atoms with Crippen molar-refractivity contribution >= 4 is 11.9 Å². The minimum absolute atomic E-state index is 0.161. The predicted octanol–water partition coefficient (Wildman–Crippen LogP) is 3.47. The highest BCUT2D eigenvalue weighted by atomic mass is 16.5. The van der Waals surface area contributed by atoms with Gasteiger partial charge in [-0.3, -0.25) is 9.59 Å². The van der Waals surface area contributed by atoms with Crippen molar-refractivity contribution in [1.29, 1.82) is 0 Å². The summed E-state index contributed by atoms with van der Waals surface area (Å²) in [5.74, 6) is 0.0145. The van der Waals surface area contributed by atoms with Crippen molar-refractivity contribution in [3.8, 4) is 11.5 Å². The van der Waals surface area contributed by atoms with Gasteiger partial charge in [-0.1, -0.05) is 49.4 Å². The van der Waals surface area contributed by atoms with Crippen molar-refractivity contribution in [2.75, 3.05) is 27.4 Å². The van der Waals surface area contributed by atoms with Gasteiger partial charge in [0.05, 0.1) is 26.2 Å². The van der Waals surface area contributed by atoms with Crippen LogP contribution in [0.5, 0.6) is 11.5 Å². The summed E-state index contributed by atoms with van der Waals surface area (Å²) in [7, 11) is 2.89. The molecule has 1 amide bonds. The van der Waals surface area contributed by atoms with Crippen LogP contribution in [0.15, 0.2) is 54.6 Å². The number of ether oxygens (including phenoxy) is 3. The van der Waals surface area contributed by atoms with Crippen molar-refractivity contribution < 1.29 is 23.8 Å². The van der Waals surface area contributed by atoms with Crippen molar-refractivity contribution in [3.05, 3.63) is 60.2 Å². The van der Waals surface area contributed by atoms with E-state index in [0.29, 0.717) is 11.5 Å². The number of hydrogen-bond donors (Lipinski definition) is 0. The number of benzene rings is 2. The van der Waals surface area contributed by atoms with Gasteiger partial charge in [-0.25, -0.2) is 0 Å². The van der Waals surface area contributed by atoms with Crippen LogP contribution in [0.3, 0.4) is 0 Å². The minimum atomic E-state index is -0.452. The molecule has 0 saturated heterocycles. The number of carbonyl (C=O) groups excluding carboxylic acids is 2. The van der Waals surface area contributed by atoms with Crippen LogP contribution in [0.2, 0.25) is 0 Å². The summed E-state index contributed by atoms with van der Waals surface area (Å²) in [6.07, 6.45) is 0. The highest BCUT2D eigenvalue weighted by molar-refractivity contribution is 5.79. The Kier molecular flexibility index (Phi) is 7.87. The molecule has 0 aliphatic carbocycles. The highest BCUT2D eigenvalue weighted by Gasteiger charge is 2.27. The van der Waals surface area contributed by atoms with Gasteiger partial charge in [0.2, 0.25) is 0 Å². The third-order valence-corrected chi connectivity index (χ3v) is 4.56. The molecule has 0 bridgehead atoms. The lowest BCUT2D eigenvalue weighted by Gasteiger charge is -2.31. The van der Waals surface area contributed by atoms with E-state index in [0.717, 1.165) is 5.56 Å². The Bertz CT molecular complexity index is 778. The van der Waals surface area contributed by atoms with Gasteiger partial charge in [0.15, 0.2) is 18.1 Å². The van der Waals surface area contributed by atoms with Crippen LogP contribution in [0.1, 0.15) is 25.5 Å². The van der Waals surface area contributed by atoms with Gasteiger partial charge in [0, 0.05) is 6.54 Å². The normalized spacial score (nSPS) is 12.6. The van der Waals surface area contributed by atoms with Gasteiger partial charge in [-0.2, -0.15) is 0 Å². The summed E-state index contributed by atoms with van der Waals surface area (Å²) in [4.78, 5) is 26.5. The summed E-state index contributed by atoms with van der Waals surface area (Å²) in [5.41, 5.74) is 0.977. The fourth-order valence-corrected chi connectivity index (χ4v) is 2.92. The molecule has 2 atom stereocenters. The van der Waals surface area contributed by atoms with Crippen molar-refractivity contribution in [2.45, 2.75) is 19.9 Å². The van der Waals surface area contributed by atoms with Crippen LogP contribution >= 0.6 is 0 Å². The minimum Gasteiger partial charge on any atom is -0.493 e. The Balaban J connectivity index is 2.17. The molecule has 2 rings (SSSR count). The van der Waals surface area contributed by atoms with Gasteiger partial charge >= 0.3 is 5.97 Å². The molecular weight excluding hydrogens is 358 g/mol. The van der Waals surface area contributed by atoms with E-state index in [1.165, 1.54) is 7.11 Å². The maximum atomic E-state index is 13.0.